The number of hydrogen-bond acceptors (Lipinski definition) is 3. The Balaban J connectivity index is 2.67. The van der Waals surface area contributed by atoms with Gasteiger partial charge in [0, 0.05) is 16.6 Å². The van der Waals surface area contributed by atoms with Gasteiger partial charge in [0.05, 0.1) is 13.5 Å². The zero-order chi connectivity index (χ0) is 14.3. The molecule has 0 fully saturated rings. The molecule has 0 aliphatic heterocycles. The van der Waals surface area contributed by atoms with Crippen LogP contribution in [-0.2, 0) is 16.1 Å². The first-order valence-electron chi connectivity index (χ1n) is 6.61. The zero-order valence-corrected chi connectivity index (χ0v) is 13.4. The molecule has 1 aromatic rings. The Kier molecular flexibility index (Phi) is 6.52. The number of esters is 1. The Labute approximate surface area is 123 Å². The number of hydrogen-bond donors (Lipinski definition) is 1. The van der Waals surface area contributed by atoms with Crippen molar-refractivity contribution in [1.29, 1.82) is 0 Å². The number of carbonyl (C=O) groups excluding carboxylic acids is 1. The highest BCUT2D eigenvalue weighted by molar-refractivity contribution is 9.10. The first kappa shape index (κ1) is 16.2. The van der Waals surface area contributed by atoms with E-state index in [0.717, 1.165) is 23.9 Å². The number of rotatable bonds is 7. The van der Waals surface area contributed by atoms with Crippen molar-refractivity contribution >= 4 is 21.9 Å². The molecule has 0 spiro atoms. The van der Waals surface area contributed by atoms with E-state index in [9.17, 15) is 4.79 Å². The topological polar surface area (TPSA) is 38.3 Å². The smallest absolute Gasteiger partial charge is 0.307 e. The Morgan fingerprint density at radius 3 is 2.32 bits per heavy atom. The van der Waals surface area contributed by atoms with Crippen molar-refractivity contribution in [1.82, 2.24) is 5.32 Å². The molecule has 0 unspecified atom stereocenters. The van der Waals surface area contributed by atoms with E-state index in [4.69, 9.17) is 4.74 Å². The fourth-order valence-corrected chi connectivity index (χ4v) is 2.32. The lowest BCUT2D eigenvalue weighted by Crippen LogP contribution is -2.45. The maximum absolute atomic E-state index is 11.5. The third-order valence-electron chi connectivity index (χ3n) is 3.64. The number of methoxy groups -OCH3 is 1. The van der Waals surface area contributed by atoms with Crippen LogP contribution in [0.2, 0.25) is 0 Å². The van der Waals surface area contributed by atoms with Crippen molar-refractivity contribution in [2.24, 2.45) is 0 Å². The maximum atomic E-state index is 11.5. The summed E-state index contributed by atoms with van der Waals surface area (Å²) in [6.07, 6.45) is 2.21. The number of benzene rings is 1. The average molecular weight is 328 g/mol. The van der Waals surface area contributed by atoms with E-state index >= 15 is 0 Å². The van der Waals surface area contributed by atoms with Crippen LogP contribution in [0.4, 0.5) is 0 Å². The molecule has 0 radical (unpaired) electrons. The fourth-order valence-electron chi connectivity index (χ4n) is 2.05. The van der Waals surface area contributed by atoms with Gasteiger partial charge < -0.3 is 10.1 Å². The number of ether oxygens (including phenoxy) is 1. The Morgan fingerprint density at radius 1 is 1.26 bits per heavy atom. The van der Waals surface area contributed by atoms with Crippen molar-refractivity contribution in [2.45, 2.75) is 45.2 Å². The highest BCUT2D eigenvalue weighted by Crippen LogP contribution is 2.21. The van der Waals surface area contributed by atoms with E-state index in [2.05, 4.69) is 47.2 Å². The first-order chi connectivity index (χ1) is 9.05. The summed E-state index contributed by atoms with van der Waals surface area (Å²) in [5.41, 5.74) is 1.03. The predicted molar refractivity (Wildman–Crippen MR) is 80.9 cm³/mol. The second-order valence-electron chi connectivity index (χ2n) is 4.72. The molecule has 0 aromatic heterocycles. The lowest BCUT2D eigenvalue weighted by molar-refractivity contribution is -0.142. The summed E-state index contributed by atoms with van der Waals surface area (Å²) in [5.74, 6) is -0.160. The summed E-state index contributed by atoms with van der Waals surface area (Å²) in [6.45, 7) is 4.95. The molecule has 0 saturated carbocycles. The number of halogens is 1. The normalized spacial score (nSPS) is 11.4. The van der Waals surface area contributed by atoms with Crippen molar-refractivity contribution in [3.63, 3.8) is 0 Å². The third-order valence-corrected chi connectivity index (χ3v) is 4.17. The molecular formula is C15H22BrNO2. The molecule has 0 saturated heterocycles. The van der Waals surface area contributed by atoms with Crippen LogP contribution in [0, 0.1) is 0 Å². The SMILES string of the molecule is CCC(CC)(CC(=O)OC)NCc1ccc(Br)cc1. The van der Waals surface area contributed by atoms with Gasteiger partial charge in [0.2, 0.25) is 0 Å². The standard InChI is InChI=1S/C15H22BrNO2/c1-4-15(5-2,10-14(18)19-3)17-11-12-6-8-13(16)9-7-12/h6-9,17H,4-5,10-11H2,1-3H3. The van der Waals surface area contributed by atoms with Gasteiger partial charge in [0.1, 0.15) is 0 Å². The molecule has 0 amide bonds. The molecule has 0 heterocycles. The summed E-state index contributed by atoms with van der Waals surface area (Å²) in [6, 6.07) is 8.20. The first-order valence-corrected chi connectivity index (χ1v) is 7.41. The van der Waals surface area contributed by atoms with E-state index in [1.165, 1.54) is 12.7 Å². The predicted octanol–water partition coefficient (Wildman–Crippen LogP) is 3.66. The second kappa shape index (κ2) is 7.65. The van der Waals surface area contributed by atoms with Gasteiger partial charge in [-0.05, 0) is 30.5 Å². The van der Waals surface area contributed by atoms with Crippen LogP contribution in [-0.4, -0.2) is 18.6 Å². The highest BCUT2D eigenvalue weighted by Gasteiger charge is 2.28. The van der Waals surface area contributed by atoms with E-state index in [0.29, 0.717) is 6.42 Å². The van der Waals surface area contributed by atoms with E-state index in [-0.39, 0.29) is 11.5 Å². The Morgan fingerprint density at radius 2 is 1.84 bits per heavy atom. The van der Waals surface area contributed by atoms with Gasteiger partial charge in [-0.1, -0.05) is 41.9 Å². The molecule has 106 valence electrons. The van der Waals surface area contributed by atoms with Crippen molar-refractivity contribution in [3.05, 3.63) is 34.3 Å². The van der Waals surface area contributed by atoms with Gasteiger partial charge in [-0.15, -0.1) is 0 Å². The van der Waals surface area contributed by atoms with Crippen LogP contribution in [0.5, 0.6) is 0 Å². The van der Waals surface area contributed by atoms with Gasteiger partial charge in [-0.25, -0.2) is 0 Å². The van der Waals surface area contributed by atoms with Crippen LogP contribution in [0.25, 0.3) is 0 Å². The molecule has 0 aliphatic carbocycles. The molecule has 3 nitrogen and oxygen atoms in total. The summed E-state index contributed by atoms with van der Waals surface area (Å²) < 4.78 is 5.86. The lowest BCUT2D eigenvalue weighted by Gasteiger charge is -2.32. The van der Waals surface area contributed by atoms with Crippen LogP contribution in [0.3, 0.4) is 0 Å². The summed E-state index contributed by atoms with van der Waals surface area (Å²) in [4.78, 5) is 11.5. The summed E-state index contributed by atoms with van der Waals surface area (Å²) >= 11 is 3.42. The van der Waals surface area contributed by atoms with Crippen molar-refractivity contribution < 1.29 is 9.53 Å². The lowest BCUT2D eigenvalue weighted by atomic mass is 9.88. The van der Waals surface area contributed by atoms with Gasteiger partial charge in [-0.2, -0.15) is 0 Å². The van der Waals surface area contributed by atoms with Crippen LogP contribution in [0.1, 0.15) is 38.7 Å². The van der Waals surface area contributed by atoms with Crippen LogP contribution < -0.4 is 5.32 Å². The molecule has 1 aromatic carbocycles. The summed E-state index contributed by atoms with van der Waals surface area (Å²) in [7, 11) is 1.44. The van der Waals surface area contributed by atoms with Gasteiger partial charge in [0.15, 0.2) is 0 Å². The molecular weight excluding hydrogens is 306 g/mol. The fraction of sp³-hybridized carbons (Fsp3) is 0.533. The van der Waals surface area contributed by atoms with E-state index < -0.39 is 0 Å². The molecule has 0 aliphatic rings. The monoisotopic (exact) mass is 327 g/mol. The average Bonchev–Trinajstić information content (AvgIpc) is 2.45. The van der Waals surface area contributed by atoms with Gasteiger partial charge in [-0.3, -0.25) is 4.79 Å². The molecule has 1 N–H and O–H groups in total. The second-order valence-corrected chi connectivity index (χ2v) is 5.64. The van der Waals surface area contributed by atoms with Crippen molar-refractivity contribution in [3.8, 4) is 0 Å². The Hall–Kier alpha value is -0.870. The van der Waals surface area contributed by atoms with E-state index in [1.807, 2.05) is 12.1 Å². The van der Waals surface area contributed by atoms with Crippen LogP contribution in [0.15, 0.2) is 28.7 Å². The third kappa shape index (κ3) is 4.96. The molecule has 4 heteroatoms. The molecule has 0 atom stereocenters. The van der Waals surface area contributed by atoms with Gasteiger partial charge >= 0.3 is 5.97 Å². The molecule has 1 rings (SSSR count). The minimum Gasteiger partial charge on any atom is -0.469 e. The number of carbonyl (C=O) groups is 1. The minimum absolute atomic E-state index is 0.160. The Bertz CT molecular complexity index is 399. The highest BCUT2D eigenvalue weighted by atomic mass is 79.9. The zero-order valence-electron chi connectivity index (χ0n) is 11.8. The van der Waals surface area contributed by atoms with Crippen LogP contribution >= 0.6 is 15.9 Å². The number of nitrogens with one attached hydrogen (secondary N) is 1. The van der Waals surface area contributed by atoms with E-state index in [1.54, 1.807) is 0 Å². The largest absolute Gasteiger partial charge is 0.469 e. The maximum Gasteiger partial charge on any atom is 0.307 e. The van der Waals surface area contributed by atoms with Crippen molar-refractivity contribution in [2.75, 3.05) is 7.11 Å². The summed E-state index contributed by atoms with van der Waals surface area (Å²) in [5, 5.41) is 3.52. The van der Waals surface area contributed by atoms with Gasteiger partial charge in [0.25, 0.3) is 0 Å². The molecule has 19 heavy (non-hydrogen) atoms. The molecule has 0 bridgehead atoms. The minimum atomic E-state index is -0.180. The quantitative estimate of drug-likeness (QED) is 0.776.